The molecular weight excluding hydrogens is 293 g/mol. The highest BCUT2D eigenvalue weighted by atomic mass is 35.5. The Morgan fingerprint density at radius 3 is 2.25 bits per heavy atom. The smallest absolute Gasteiger partial charge is 0.157 e. The summed E-state index contributed by atoms with van der Waals surface area (Å²) in [6, 6.07) is 5.30. The Balaban J connectivity index is 2.97. The number of carbonyl (C=O) groups excluding carboxylic acids is 1. The maximum atomic E-state index is 12.7. The molecule has 4 heteroatoms. The fourth-order valence-corrected chi connectivity index (χ4v) is 3.02. The zero-order valence-corrected chi connectivity index (χ0v) is 14.2. The van der Waals surface area contributed by atoms with Gasteiger partial charge in [0.05, 0.1) is 5.54 Å². The molecular formula is C16H23Cl2NO. The number of ketones is 1. The monoisotopic (exact) mass is 315 g/mol. The van der Waals surface area contributed by atoms with Crippen LogP contribution in [0, 0.1) is 0 Å². The third-order valence-corrected chi connectivity index (χ3v) is 4.70. The number of halogens is 2. The molecule has 0 radical (unpaired) electrons. The average molecular weight is 316 g/mol. The second-order valence-corrected chi connectivity index (χ2v) is 5.98. The van der Waals surface area contributed by atoms with E-state index in [1.165, 1.54) is 0 Å². The van der Waals surface area contributed by atoms with Crippen LogP contribution in [0.4, 0.5) is 0 Å². The Kier molecular flexibility index (Phi) is 6.50. The minimum Gasteiger partial charge on any atom is -0.297 e. The van der Waals surface area contributed by atoms with Gasteiger partial charge in [-0.3, -0.25) is 9.69 Å². The molecule has 0 saturated heterocycles. The van der Waals surface area contributed by atoms with Crippen molar-refractivity contribution in [2.75, 3.05) is 13.1 Å². The van der Waals surface area contributed by atoms with E-state index in [1.807, 2.05) is 13.0 Å². The predicted molar refractivity (Wildman–Crippen MR) is 86.8 cm³/mol. The van der Waals surface area contributed by atoms with E-state index in [0.29, 0.717) is 16.5 Å². The molecule has 0 aliphatic rings. The molecule has 0 amide bonds. The fraction of sp³-hybridized carbons (Fsp3) is 0.562. The van der Waals surface area contributed by atoms with Gasteiger partial charge in [-0.2, -0.15) is 0 Å². The molecule has 0 aliphatic heterocycles. The maximum absolute atomic E-state index is 12.7. The highest BCUT2D eigenvalue weighted by Gasteiger charge is 2.35. The van der Waals surface area contributed by atoms with Crippen molar-refractivity contribution in [3.63, 3.8) is 0 Å². The largest absolute Gasteiger partial charge is 0.297 e. The minimum absolute atomic E-state index is 0.202. The molecule has 0 saturated carbocycles. The van der Waals surface area contributed by atoms with Gasteiger partial charge in [-0.25, -0.2) is 0 Å². The summed E-state index contributed by atoms with van der Waals surface area (Å²) >= 11 is 12.1. The molecule has 112 valence electrons. The van der Waals surface area contributed by atoms with Crippen LogP contribution in [0.3, 0.4) is 0 Å². The first-order chi connectivity index (χ1) is 9.38. The van der Waals surface area contributed by atoms with E-state index in [0.717, 1.165) is 25.1 Å². The van der Waals surface area contributed by atoms with Crippen molar-refractivity contribution in [1.29, 1.82) is 0 Å². The summed E-state index contributed by atoms with van der Waals surface area (Å²) in [5.41, 5.74) is 0.403. The number of likely N-dealkylation sites (N-methyl/N-ethyl adjacent to an activating group) is 1. The first-order valence-corrected chi connectivity index (χ1v) is 7.86. The first kappa shape index (κ1) is 17.5. The zero-order valence-electron chi connectivity index (χ0n) is 12.7. The first-order valence-electron chi connectivity index (χ1n) is 7.11. The summed E-state index contributed by atoms with van der Waals surface area (Å²) in [5, 5.41) is 1.15. The van der Waals surface area contributed by atoms with Gasteiger partial charge in [0.1, 0.15) is 0 Å². The Morgan fingerprint density at radius 2 is 1.80 bits per heavy atom. The van der Waals surface area contributed by atoms with Crippen LogP contribution in [0.25, 0.3) is 0 Å². The lowest BCUT2D eigenvalue weighted by Crippen LogP contribution is -2.52. The molecule has 0 spiro atoms. The normalized spacial score (nSPS) is 14.3. The lowest BCUT2D eigenvalue weighted by atomic mass is 9.87. The summed E-state index contributed by atoms with van der Waals surface area (Å²) < 4.78 is 0. The standard InChI is InChI=1S/C16H23Cl2NO/c1-5-16(4,19(6-2)7-3)15(20)10-12-8-9-13(17)11-14(12)18/h8-9,11H,5-7,10H2,1-4H3. The Hall–Kier alpha value is -0.570. The quantitative estimate of drug-likeness (QED) is 0.732. The number of hydrogen-bond acceptors (Lipinski definition) is 2. The molecule has 1 rings (SSSR count). The second kappa shape index (κ2) is 7.44. The van der Waals surface area contributed by atoms with Gasteiger partial charge < -0.3 is 0 Å². The molecule has 20 heavy (non-hydrogen) atoms. The van der Waals surface area contributed by atoms with E-state index in [4.69, 9.17) is 23.2 Å². The highest BCUT2D eigenvalue weighted by molar-refractivity contribution is 6.35. The molecule has 1 atom stereocenters. The second-order valence-electron chi connectivity index (χ2n) is 5.14. The summed E-state index contributed by atoms with van der Waals surface area (Å²) in [5.74, 6) is 0.202. The molecule has 1 unspecified atom stereocenters. The molecule has 0 fully saturated rings. The third-order valence-electron chi connectivity index (χ3n) is 4.12. The molecule has 1 aromatic rings. The Labute approximate surface area is 132 Å². The minimum atomic E-state index is -0.438. The maximum Gasteiger partial charge on any atom is 0.157 e. The van der Waals surface area contributed by atoms with Gasteiger partial charge in [-0.1, -0.05) is 50.0 Å². The third kappa shape index (κ3) is 3.75. The van der Waals surface area contributed by atoms with Crippen LogP contribution in [0.1, 0.15) is 39.7 Å². The lowest BCUT2D eigenvalue weighted by molar-refractivity contribution is -0.129. The van der Waals surface area contributed by atoms with E-state index in [2.05, 4.69) is 25.7 Å². The van der Waals surface area contributed by atoms with Gasteiger partial charge in [-0.05, 0) is 44.1 Å². The molecule has 0 heterocycles. The van der Waals surface area contributed by atoms with Crippen LogP contribution in [0.5, 0.6) is 0 Å². The topological polar surface area (TPSA) is 20.3 Å². The summed E-state index contributed by atoms with van der Waals surface area (Å²) in [6.07, 6.45) is 1.13. The zero-order chi connectivity index (χ0) is 15.3. The number of carbonyl (C=O) groups is 1. The van der Waals surface area contributed by atoms with E-state index in [1.54, 1.807) is 12.1 Å². The molecule has 0 bridgehead atoms. The van der Waals surface area contributed by atoms with Crippen molar-refractivity contribution >= 4 is 29.0 Å². The fourth-order valence-electron chi connectivity index (χ4n) is 2.55. The van der Waals surface area contributed by atoms with Crippen molar-refractivity contribution < 1.29 is 4.79 Å². The Morgan fingerprint density at radius 1 is 1.20 bits per heavy atom. The van der Waals surface area contributed by atoms with Gasteiger partial charge in [0.15, 0.2) is 5.78 Å². The van der Waals surface area contributed by atoms with Crippen molar-refractivity contribution in [2.45, 2.75) is 46.1 Å². The average Bonchev–Trinajstić information content (AvgIpc) is 2.42. The molecule has 0 aliphatic carbocycles. The van der Waals surface area contributed by atoms with Gasteiger partial charge >= 0.3 is 0 Å². The number of Topliss-reactive ketones (excluding diaryl/α,β-unsaturated/α-hetero) is 1. The van der Waals surface area contributed by atoms with E-state index >= 15 is 0 Å². The lowest BCUT2D eigenvalue weighted by Gasteiger charge is -2.38. The van der Waals surface area contributed by atoms with E-state index < -0.39 is 5.54 Å². The van der Waals surface area contributed by atoms with E-state index in [9.17, 15) is 4.79 Å². The van der Waals surface area contributed by atoms with Crippen LogP contribution in [0.15, 0.2) is 18.2 Å². The number of nitrogens with zero attached hydrogens (tertiary/aromatic N) is 1. The highest BCUT2D eigenvalue weighted by Crippen LogP contribution is 2.26. The predicted octanol–water partition coefficient (Wildman–Crippen LogP) is 4.62. The molecule has 0 aromatic heterocycles. The van der Waals surface area contributed by atoms with Crippen molar-refractivity contribution in [3.8, 4) is 0 Å². The van der Waals surface area contributed by atoms with Crippen LogP contribution < -0.4 is 0 Å². The number of rotatable bonds is 7. The molecule has 2 nitrogen and oxygen atoms in total. The summed E-state index contributed by atoms with van der Waals surface area (Å²) in [6.45, 7) is 9.97. The molecule has 1 aromatic carbocycles. The van der Waals surface area contributed by atoms with Crippen LogP contribution in [-0.2, 0) is 11.2 Å². The summed E-state index contributed by atoms with van der Waals surface area (Å²) in [4.78, 5) is 14.9. The van der Waals surface area contributed by atoms with Gasteiger partial charge in [-0.15, -0.1) is 0 Å². The van der Waals surface area contributed by atoms with Crippen LogP contribution in [0.2, 0.25) is 10.0 Å². The van der Waals surface area contributed by atoms with Gasteiger partial charge in [0.2, 0.25) is 0 Å². The van der Waals surface area contributed by atoms with Crippen molar-refractivity contribution in [3.05, 3.63) is 33.8 Å². The number of benzene rings is 1. The van der Waals surface area contributed by atoms with Crippen LogP contribution in [-0.4, -0.2) is 29.3 Å². The van der Waals surface area contributed by atoms with Gasteiger partial charge in [0.25, 0.3) is 0 Å². The SMILES string of the molecule is CCN(CC)C(C)(CC)C(=O)Cc1ccc(Cl)cc1Cl. The van der Waals surface area contributed by atoms with E-state index in [-0.39, 0.29) is 5.78 Å². The number of hydrogen-bond donors (Lipinski definition) is 0. The van der Waals surface area contributed by atoms with Gasteiger partial charge in [0, 0.05) is 16.5 Å². The summed E-state index contributed by atoms with van der Waals surface area (Å²) in [7, 11) is 0. The van der Waals surface area contributed by atoms with Crippen molar-refractivity contribution in [2.24, 2.45) is 0 Å². The molecule has 0 N–H and O–H groups in total. The van der Waals surface area contributed by atoms with Crippen molar-refractivity contribution in [1.82, 2.24) is 4.90 Å². The Bertz CT molecular complexity index is 472. The van der Waals surface area contributed by atoms with Crippen LogP contribution >= 0.6 is 23.2 Å².